The molecule has 39 heavy (non-hydrogen) atoms. The second kappa shape index (κ2) is 9.21. The number of carbonyl (C=O) groups is 1. The van der Waals surface area contributed by atoms with Crippen molar-refractivity contribution in [2.24, 2.45) is 0 Å². The van der Waals surface area contributed by atoms with Gasteiger partial charge in [-0.25, -0.2) is 14.6 Å². The number of aryl methyl sites for hydroxylation is 1. The first-order valence-electron chi connectivity index (χ1n) is 13.0. The Hall–Kier alpha value is -4.76. The van der Waals surface area contributed by atoms with Gasteiger partial charge in [0.05, 0.1) is 41.7 Å². The fraction of sp³-hybridized carbons (Fsp3) is 0.200. The normalized spacial score (nSPS) is 15.0. The van der Waals surface area contributed by atoms with Gasteiger partial charge in [-0.2, -0.15) is 5.10 Å². The lowest BCUT2D eigenvalue weighted by Crippen LogP contribution is -2.36. The lowest BCUT2D eigenvalue weighted by Gasteiger charge is -2.27. The summed E-state index contributed by atoms with van der Waals surface area (Å²) in [5, 5.41) is 4.43. The van der Waals surface area contributed by atoms with Gasteiger partial charge in [0.2, 0.25) is 0 Å². The molecule has 1 saturated heterocycles. The molecule has 3 aromatic heterocycles. The van der Waals surface area contributed by atoms with Gasteiger partial charge in [0, 0.05) is 36.8 Å². The van der Waals surface area contributed by atoms with E-state index in [2.05, 4.69) is 55.3 Å². The number of Topliss-reactive ketones (excluding diaryl/α,β-unsaturated/α-hetero) is 1. The van der Waals surface area contributed by atoms with Gasteiger partial charge in [-0.15, -0.1) is 0 Å². The molecule has 9 nitrogen and oxygen atoms in total. The van der Waals surface area contributed by atoms with Crippen molar-refractivity contribution in [1.82, 2.24) is 24.7 Å². The maximum Gasteiger partial charge on any atom is 0.194 e. The van der Waals surface area contributed by atoms with Crippen molar-refractivity contribution < 1.29 is 9.53 Å². The van der Waals surface area contributed by atoms with Crippen LogP contribution in [0.1, 0.15) is 27.3 Å². The summed E-state index contributed by atoms with van der Waals surface area (Å²) in [6.07, 6.45) is 5.97. The van der Waals surface area contributed by atoms with E-state index in [1.807, 2.05) is 37.4 Å². The van der Waals surface area contributed by atoms with Crippen molar-refractivity contribution in [2.45, 2.75) is 13.3 Å². The van der Waals surface area contributed by atoms with Crippen LogP contribution in [0.2, 0.25) is 0 Å². The van der Waals surface area contributed by atoms with Gasteiger partial charge in [-0.1, -0.05) is 18.2 Å². The topological polar surface area (TPSA) is 115 Å². The number of nitrogens with zero attached hydrogens (tertiary/aromatic N) is 5. The second-order valence-corrected chi connectivity index (χ2v) is 9.97. The van der Waals surface area contributed by atoms with Crippen LogP contribution in [-0.4, -0.2) is 56.8 Å². The summed E-state index contributed by atoms with van der Waals surface area (Å²) in [7, 11) is 0. The van der Waals surface area contributed by atoms with Crippen molar-refractivity contribution in [2.75, 3.05) is 36.9 Å². The quantitative estimate of drug-likeness (QED) is 0.333. The zero-order valence-corrected chi connectivity index (χ0v) is 21.5. The highest BCUT2D eigenvalue weighted by Crippen LogP contribution is 2.33. The molecule has 4 heterocycles. The number of nitrogens with two attached hydrogens (primary N) is 1. The zero-order chi connectivity index (χ0) is 26.5. The number of H-pyrrole nitrogens is 1. The number of pyridine rings is 1. The van der Waals surface area contributed by atoms with E-state index in [0.717, 1.165) is 76.9 Å². The number of aromatic nitrogens is 5. The first-order valence-corrected chi connectivity index (χ1v) is 13.0. The number of rotatable bonds is 5. The number of carbonyl (C=O) groups excluding carboxylic acids is 1. The number of nitrogen functional groups attached to an aromatic ring is 1. The Labute approximate surface area is 224 Å². The molecule has 194 valence electrons. The van der Waals surface area contributed by atoms with Crippen LogP contribution in [0.3, 0.4) is 0 Å². The number of ketones is 1. The molecule has 1 aliphatic heterocycles. The van der Waals surface area contributed by atoms with Crippen LogP contribution in [-0.2, 0) is 11.2 Å². The Balaban J connectivity index is 1.10. The molecule has 2 aliphatic rings. The molecule has 1 fully saturated rings. The van der Waals surface area contributed by atoms with Crippen LogP contribution in [0.4, 0.5) is 11.6 Å². The number of ether oxygens (including phenoxy) is 1. The van der Waals surface area contributed by atoms with Crippen LogP contribution in [0.5, 0.6) is 0 Å². The second-order valence-electron chi connectivity index (χ2n) is 9.97. The van der Waals surface area contributed by atoms with E-state index in [9.17, 15) is 4.79 Å². The lowest BCUT2D eigenvalue weighted by molar-refractivity contribution is 0.103. The van der Waals surface area contributed by atoms with Gasteiger partial charge in [0.1, 0.15) is 17.5 Å². The predicted molar refractivity (Wildman–Crippen MR) is 151 cm³/mol. The van der Waals surface area contributed by atoms with Crippen molar-refractivity contribution in [1.29, 1.82) is 0 Å². The SMILES string of the molecule is Cc1nc2ccc(-n3ncc(C(=O)C4=Cc5ccc(-c6ccc(N7CCOCC7)nc6)cc5C4)c3N)cc2[nH]1. The van der Waals surface area contributed by atoms with E-state index < -0.39 is 0 Å². The maximum absolute atomic E-state index is 13.5. The van der Waals surface area contributed by atoms with E-state index in [1.165, 1.54) is 0 Å². The maximum atomic E-state index is 13.5. The Morgan fingerprint density at radius 1 is 1.03 bits per heavy atom. The van der Waals surface area contributed by atoms with Crippen LogP contribution in [0, 0.1) is 6.92 Å². The molecule has 7 rings (SSSR count). The Bertz CT molecular complexity index is 1760. The Kier molecular flexibility index (Phi) is 5.52. The van der Waals surface area contributed by atoms with Crippen molar-refractivity contribution in [3.63, 3.8) is 0 Å². The van der Waals surface area contributed by atoms with Crippen LogP contribution < -0.4 is 10.6 Å². The summed E-state index contributed by atoms with van der Waals surface area (Å²) in [6.45, 7) is 5.09. The van der Waals surface area contributed by atoms with Gasteiger partial charge in [-0.3, -0.25) is 4.79 Å². The summed E-state index contributed by atoms with van der Waals surface area (Å²) in [5.74, 6) is 2.02. The van der Waals surface area contributed by atoms with E-state index >= 15 is 0 Å². The largest absolute Gasteiger partial charge is 0.383 e. The zero-order valence-electron chi connectivity index (χ0n) is 21.5. The molecule has 1 aliphatic carbocycles. The molecule has 0 atom stereocenters. The van der Waals surface area contributed by atoms with E-state index in [-0.39, 0.29) is 5.78 Å². The van der Waals surface area contributed by atoms with Crippen molar-refractivity contribution in [3.8, 4) is 16.8 Å². The average molecular weight is 518 g/mol. The number of fused-ring (bicyclic) bond motifs is 2. The van der Waals surface area contributed by atoms with Crippen LogP contribution in [0.15, 0.2) is 66.5 Å². The number of nitrogens with one attached hydrogen (secondary N) is 1. The molecule has 0 amide bonds. The standard InChI is InChI=1S/C30H27N7O2/c1-18-34-26-6-5-24(15-27(26)35-18)37-30(31)25(17-33-37)29(38)23-13-20-3-2-19(12-22(20)14-23)21-4-7-28(32-16-21)36-8-10-39-11-9-36/h2-7,12-13,15-17H,8-11,14,31H2,1H3,(H,34,35). The number of allylic oxidation sites excluding steroid dienone is 1. The van der Waals surface area contributed by atoms with Crippen LogP contribution in [0.25, 0.3) is 33.9 Å². The molecule has 3 N–H and O–H groups in total. The summed E-state index contributed by atoms with van der Waals surface area (Å²) in [5.41, 5.74) is 14.3. The third-order valence-electron chi connectivity index (χ3n) is 7.44. The van der Waals surface area contributed by atoms with E-state index in [1.54, 1.807) is 10.9 Å². The molecule has 0 radical (unpaired) electrons. The number of benzene rings is 2. The van der Waals surface area contributed by atoms with Crippen LogP contribution >= 0.6 is 0 Å². The number of anilines is 2. The number of morpholine rings is 1. The fourth-order valence-electron chi connectivity index (χ4n) is 5.37. The molecule has 0 spiro atoms. The van der Waals surface area contributed by atoms with Gasteiger partial charge >= 0.3 is 0 Å². The first-order chi connectivity index (χ1) is 19.0. The minimum atomic E-state index is -0.105. The molecular formula is C30H27N7O2. The molecular weight excluding hydrogens is 490 g/mol. The third kappa shape index (κ3) is 4.17. The molecule has 9 heteroatoms. The van der Waals surface area contributed by atoms with Gasteiger partial charge in [0.25, 0.3) is 0 Å². The summed E-state index contributed by atoms with van der Waals surface area (Å²) in [4.78, 5) is 28.1. The Morgan fingerprint density at radius 2 is 1.87 bits per heavy atom. The summed E-state index contributed by atoms with van der Waals surface area (Å²) in [6, 6.07) is 16.2. The minimum absolute atomic E-state index is 0.105. The van der Waals surface area contributed by atoms with E-state index in [4.69, 9.17) is 10.5 Å². The monoisotopic (exact) mass is 517 g/mol. The highest BCUT2D eigenvalue weighted by atomic mass is 16.5. The van der Waals surface area contributed by atoms with Crippen molar-refractivity contribution in [3.05, 3.63) is 89.0 Å². The summed E-state index contributed by atoms with van der Waals surface area (Å²) < 4.78 is 7.03. The number of hydrogen-bond acceptors (Lipinski definition) is 7. The molecule has 0 bridgehead atoms. The highest BCUT2D eigenvalue weighted by molar-refractivity contribution is 6.15. The minimum Gasteiger partial charge on any atom is -0.383 e. The first kappa shape index (κ1) is 23.4. The molecule has 0 saturated carbocycles. The summed E-state index contributed by atoms with van der Waals surface area (Å²) >= 11 is 0. The third-order valence-corrected chi connectivity index (χ3v) is 7.44. The fourth-order valence-corrected chi connectivity index (χ4v) is 5.37. The number of hydrogen-bond donors (Lipinski definition) is 2. The smallest absolute Gasteiger partial charge is 0.194 e. The molecule has 0 unspecified atom stereocenters. The molecule has 5 aromatic rings. The average Bonchev–Trinajstić information content (AvgIpc) is 3.68. The van der Waals surface area contributed by atoms with Gasteiger partial charge in [0.15, 0.2) is 5.78 Å². The van der Waals surface area contributed by atoms with Gasteiger partial charge < -0.3 is 20.4 Å². The molecule has 2 aromatic carbocycles. The number of aromatic amines is 1. The predicted octanol–water partition coefficient (Wildman–Crippen LogP) is 4.36. The van der Waals surface area contributed by atoms with Gasteiger partial charge in [-0.05, 0) is 60.0 Å². The van der Waals surface area contributed by atoms with E-state index in [0.29, 0.717) is 23.4 Å². The Morgan fingerprint density at radius 3 is 2.69 bits per heavy atom. The van der Waals surface area contributed by atoms with Crippen molar-refractivity contribution >= 4 is 34.5 Å². The lowest BCUT2D eigenvalue weighted by atomic mass is 10.00. The number of imidazole rings is 1. The highest BCUT2D eigenvalue weighted by Gasteiger charge is 2.24.